The molecular formula is C27H26O2Si. The molecule has 0 radical (unpaired) electrons. The molecule has 2 unspecified atom stereocenters. The first-order chi connectivity index (χ1) is 14.7. The molecule has 2 atom stereocenters. The molecule has 2 nitrogen and oxygen atoms in total. The van der Waals surface area contributed by atoms with Crippen molar-refractivity contribution < 1.29 is 9.47 Å². The lowest BCUT2D eigenvalue weighted by Crippen LogP contribution is -2.55. The van der Waals surface area contributed by atoms with Crippen LogP contribution in [-0.2, 0) is 0 Å². The summed E-state index contributed by atoms with van der Waals surface area (Å²) in [5.74, 6) is 1.86. The summed E-state index contributed by atoms with van der Waals surface area (Å²) in [5, 5.41) is 1.26. The number of benzene rings is 3. The second kappa shape index (κ2) is 7.33. The minimum absolute atomic E-state index is 0.333. The van der Waals surface area contributed by atoms with Gasteiger partial charge in [0.25, 0.3) is 0 Å². The number of rotatable bonds is 5. The standard InChI is InChI=1S/C27H26O2Si/c1-28-23-13-8-14-24(29-2)27(23)30(3,25-17-15-19-9-4-6-11-21(19)25)26-18-16-20-10-5-7-12-22(20)26/h4-18,25-26H,1-3H3. The lowest BCUT2D eigenvalue weighted by Gasteiger charge is -2.40. The fourth-order valence-electron chi connectivity index (χ4n) is 5.43. The molecule has 0 amide bonds. The van der Waals surface area contributed by atoms with Gasteiger partial charge in [0, 0.05) is 16.3 Å². The van der Waals surface area contributed by atoms with Gasteiger partial charge in [-0.2, -0.15) is 0 Å². The van der Waals surface area contributed by atoms with Gasteiger partial charge in [-0.25, -0.2) is 0 Å². The Morgan fingerprint density at radius 3 is 1.57 bits per heavy atom. The molecule has 0 saturated carbocycles. The maximum atomic E-state index is 5.94. The molecule has 0 fully saturated rings. The molecule has 2 aliphatic carbocycles. The van der Waals surface area contributed by atoms with E-state index in [1.165, 1.54) is 27.4 Å². The predicted molar refractivity (Wildman–Crippen MR) is 127 cm³/mol. The summed E-state index contributed by atoms with van der Waals surface area (Å²) in [5.41, 5.74) is 6.14. The summed E-state index contributed by atoms with van der Waals surface area (Å²) in [6.07, 6.45) is 9.41. The lowest BCUT2D eigenvalue weighted by molar-refractivity contribution is 0.399. The SMILES string of the molecule is COc1cccc(OC)c1[Si](C)(C1C=Cc2ccccc21)C1C=Cc2ccccc21. The molecule has 2 aliphatic rings. The first-order valence-corrected chi connectivity index (χ1v) is 13.1. The highest BCUT2D eigenvalue weighted by Crippen LogP contribution is 2.48. The van der Waals surface area contributed by atoms with Crippen LogP contribution < -0.4 is 14.7 Å². The van der Waals surface area contributed by atoms with E-state index in [2.05, 4.69) is 91.5 Å². The maximum absolute atomic E-state index is 5.94. The summed E-state index contributed by atoms with van der Waals surface area (Å²) in [6, 6.07) is 23.8. The van der Waals surface area contributed by atoms with Crippen LogP contribution in [0.2, 0.25) is 6.55 Å². The van der Waals surface area contributed by atoms with Crippen molar-refractivity contribution in [2.24, 2.45) is 0 Å². The summed E-state index contributed by atoms with van der Waals surface area (Å²) in [4.78, 5) is 0. The van der Waals surface area contributed by atoms with E-state index in [1.807, 2.05) is 6.07 Å². The van der Waals surface area contributed by atoms with Crippen molar-refractivity contribution in [3.8, 4) is 11.5 Å². The molecule has 0 aromatic heterocycles. The van der Waals surface area contributed by atoms with E-state index in [9.17, 15) is 0 Å². The van der Waals surface area contributed by atoms with Crippen molar-refractivity contribution in [1.29, 1.82) is 0 Å². The highest BCUT2D eigenvalue weighted by Gasteiger charge is 2.50. The van der Waals surface area contributed by atoms with Crippen molar-refractivity contribution in [2.45, 2.75) is 17.6 Å². The monoisotopic (exact) mass is 410 g/mol. The van der Waals surface area contributed by atoms with Crippen molar-refractivity contribution in [1.82, 2.24) is 0 Å². The molecule has 5 rings (SSSR count). The minimum atomic E-state index is -2.32. The van der Waals surface area contributed by atoms with Crippen LogP contribution in [0.3, 0.4) is 0 Å². The van der Waals surface area contributed by atoms with Crippen LogP contribution >= 0.6 is 0 Å². The van der Waals surface area contributed by atoms with Gasteiger partial charge in [0.15, 0.2) is 0 Å². The topological polar surface area (TPSA) is 18.5 Å². The molecule has 0 N–H and O–H groups in total. The Labute approximate surface area is 179 Å². The predicted octanol–water partition coefficient (Wildman–Crippen LogP) is 5.69. The van der Waals surface area contributed by atoms with Crippen LogP contribution in [0.5, 0.6) is 11.5 Å². The lowest BCUT2D eigenvalue weighted by atomic mass is 10.1. The number of hydrogen-bond donors (Lipinski definition) is 0. The number of allylic oxidation sites excluding steroid dienone is 2. The van der Waals surface area contributed by atoms with E-state index in [0.717, 1.165) is 11.5 Å². The molecule has 150 valence electrons. The fraction of sp³-hybridized carbons (Fsp3) is 0.185. The van der Waals surface area contributed by atoms with Gasteiger partial charge < -0.3 is 9.47 Å². The third-order valence-electron chi connectivity index (χ3n) is 6.86. The Balaban J connectivity index is 1.80. The zero-order chi connectivity index (χ0) is 20.7. The molecule has 0 saturated heterocycles. The van der Waals surface area contributed by atoms with E-state index < -0.39 is 8.07 Å². The summed E-state index contributed by atoms with van der Waals surface area (Å²) >= 11 is 0. The Morgan fingerprint density at radius 2 is 1.10 bits per heavy atom. The van der Waals surface area contributed by atoms with Crippen molar-refractivity contribution in [2.75, 3.05) is 14.2 Å². The largest absolute Gasteiger partial charge is 0.497 e. The average molecular weight is 411 g/mol. The molecule has 3 aromatic carbocycles. The van der Waals surface area contributed by atoms with E-state index in [0.29, 0.717) is 11.1 Å². The summed E-state index contributed by atoms with van der Waals surface area (Å²) < 4.78 is 11.9. The van der Waals surface area contributed by atoms with Crippen LogP contribution in [0.1, 0.15) is 33.3 Å². The molecule has 30 heavy (non-hydrogen) atoms. The number of methoxy groups -OCH3 is 2. The van der Waals surface area contributed by atoms with Crippen LogP contribution in [0.4, 0.5) is 0 Å². The van der Waals surface area contributed by atoms with Crippen molar-refractivity contribution >= 4 is 25.4 Å². The quantitative estimate of drug-likeness (QED) is 0.503. The Kier molecular flexibility index (Phi) is 4.63. The fourth-order valence-corrected chi connectivity index (χ4v) is 10.7. The van der Waals surface area contributed by atoms with Gasteiger partial charge in [-0.15, -0.1) is 0 Å². The molecular weight excluding hydrogens is 384 g/mol. The van der Waals surface area contributed by atoms with Gasteiger partial charge in [-0.3, -0.25) is 0 Å². The van der Waals surface area contributed by atoms with E-state index in [4.69, 9.17) is 9.47 Å². The van der Waals surface area contributed by atoms with E-state index in [1.54, 1.807) is 14.2 Å². The number of fused-ring (bicyclic) bond motifs is 2. The number of hydrogen-bond acceptors (Lipinski definition) is 2. The normalized spacial score (nSPS) is 20.5. The highest BCUT2D eigenvalue weighted by atomic mass is 28.3. The second-order valence-corrected chi connectivity index (χ2v) is 12.6. The molecule has 0 aliphatic heterocycles. The van der Waals surface area contributed by atoms with Crippen LogP contribution in [0, 0.1) is 0 Å². The summed E-state index contributed by atoms with van der Waals surface area (Å²) in [6.45, 7) is 2.50. The molecule has 0 spiro atoms. The molecule has 3 aromatic rings. The van der Waals surface area contributed by atoms with Gasteiger partial charge in [-0.1, -0.05) is 85.4 Å². The van der Waals surface area contributed by atoms with Gasteiger partial charge in [0.05, 0.1) is 14.2 Å². The van der Waals surface area contributed by atoms with Crippen LogP contribution in [-0.4, -0.2) is 22.3 Å². The van der Waals surface area contributed by atoms with Crippen LogP contribution in [0.25, 0.3) is 12.2 Å². The molecule has 0 heterocycles. The highest BCUT2D eigenvalue weighted by molar-refractivity contribution is 6.95. The van der Waals surface area contributed by atoms with Crippen LogP contribution in [0.15, 0.2) is 78.9 Å². The zero-order valence-electron chi connectivity index (χ0n) is 17.6. The smallest absolute Gasteiger partial charge is 0.121 e. The second-order valence-electron chi connectivity index (χ2n) is 8.25. The molecule has 3 heteroatoms. The van der Waals surface area contributed by atoms with Gasteiger partial charge in [0.1, 0.15) is 19.6 Å². The van der Waals surface area contributed by atoms with E-state index >= 15 is 0 Å². The van der Waals surface area contributed by atoms with Gasteiger partial charge in [0.2, 0.25) is 0 Å². The summed E-state index contributed by atoms with van der Waals surface area (Å²) in [7, 11) is 1.22. The van der Waals surface area contributed by atoms with Gasteiger partial charge in [-0.05, 0) is 34.4 Å². The Bertz CT molecular complexity index is 1080. The average Bonchev–Trinajstić information content (AvgIpc) is 3.43. The zero-order valence-corrected chi connectivity index (χ0v) is 18.6. The Hall–Kier alpha value is -3.04. The number of ether oxygens (including phenoxy) is 2. The first-order valence-electron chi connectivity index (χ1n) is 10.4. The minimum Gasteiger partial charge on any atom is -0.497 e. The third-order valence-corrected chi connectivity index (χ3v) is 12.0. The van der Waals surface area contributed by atoms with Gasteiger partial charge >= 0.3 is 0 Å². The third kappa shape index (κ3) is 2.69. The van der Waals surface area contributed by atoms with Crippen molar-refractivity contribution in [3.05, 3.63) is 101 Å². The Morgan fingerprint density at radius 1 is 0.633 bits per heavy atom. The van der Waals surface area contributed by atoms with Crippen molar-refractivity contribution in [3.63, 3.8) is 0 Å². The maximum Gasteiger partial charge on any atom is 0.121 e. The van der Waals surface area contributed by atoms with E-state index in [-0.39, 0.29) is 0 Å². The molecule has 0 bridgehead atoms. The first kappa shape index (κ1) is 19.0.